The van der Waals surface area contributed by atoms with Gasteiger partial charge in [-0.15, -0.1) is 0 Å². The number of nitrogen functional groups attached to an aromatic ring is 1. The van der Waals surface area contributed by atoms with Gasteiger partial charge < -0.3 is 38.9 Å². The van der Waals surface area contributed by atoms with Gasteiger partial charge in [-0.25, -0.2) is 32.5 Å². The highest BCUT2D eigenvalue weighted by atomic mass is 35.5. The Balaban J connectivity index is 1.97. The summed E-state index contributed by atoms with van der Waals surface area (Å²) < 4.78 is 99.8. The predicted molar refractivity (Wildman–Crippen MR) is 172 cm³/mol. The Morgan fingerprint density at radius 3 is 2.41 bits per heavy atom. The second-order valence-electron chi connectivity index (χ2n) is 12.0. The number of hydrogen-bond acceptors (Lipinski definition) is 18. The lowest BCUT2D eigenvalue weighted by Crippen LogP contribution is -2.52. The van der Waals surface area contributed by atoms with Gasteiger partial charge in [-0.2, -0.15) is 9.97 Å². The molecule has 51 heavy (non-hydrogen) atoms. The minimum Gasteiger partial charge on any atom is -0.476 e. The molecule has 2 unspecified atom stereocenters. The monoisotopic (exact) mass is 776 g/mol. The van der Waals surface area contributed by atoms with Crippen LogP contribution in [0, 0.1) is 5.92 Å². The van der Waals surface area contributed by atoms with Crippen molar-refractivity contribution >= 4 is 48.8 Å². The normalized spacial score (nSPS) is 23.9. The van der Waals surface area contributed by atoms with Crippen LogP contribution in [-0.2, 0) is 51.4 Å². The quantitative estimate of drug-likeness (QED) is 0.0623. The molecule has 0 bridgehead atoms. The molecule has 0 radical (unpaired) electrons. The summed E-state index contributed by atoms with van der Waals surface area (Å²) in [5, 5.41) is 0. The molecule has 1 aliphatic heterocycles. The minimum absolute atomic E-state index is 0.0379. The molecule has 3 heterocycles. The minimum atomic E-state index is -4.95. The van der Waals surface area contributed by atoms with E-state index in [1.54, 1.807) is 48.5 Å². The average Bonchev–Trinajstić information content (AvgIpc) is 3.52. The summed E-state index contributed by atoms with van der Waals surface area (Å²) in [5.74, 6) is -5.39. The van der Waals surface area contributed by atoms with Crippen molar-refractivity contribution in [1.29, 1.82) is 0 Å². The molecular formula is C28H44ClF2N6O13P. The number of esters is 1. The second kappa shape index (κ2) is 18.2. The second-order valence-corrected chi connectivity index (χ2v) is 13.9. The van der Waals surface area contributed by atoms with Gasteiger partial charge in [-0.3, -0.25) is 18.4 Å². The molecule has 2 aromatic rings. The van der Waals surface area contributed by atoms with Crippen molar-refractivity contribution in [3.63, 3.8) is 0 Å². The molecule has 0 spiro atoms. The van der Waals surface area contributed by atoms with Crippen molar-refractivity contribution in [2.75, 3.05) is 39.3 Å². The number of imidazole rings is 1. The van der Waals surface area contributed by atoms with E-state index in [-0.39, 0.29) is 42.5 Å². The number of anilines is 1. The van der Waals surface area contributed by atoms with Crippen molar-refractivity contribution in [1.82, 2.24) is 24.4 Å². The fourth-order valence-electron chi connectivity index (χ4n) is 4.46. The zero-order valence-corrected chi connectivity index (χ0v) is 31.0. The number of phosphoric acid groups is 1. The van der Waals surface area contributed by atoms with Crippen molar-refractivity contribution in [3.05, 3.63) is 6.33 Å². The number of carbonyl (C=O) groups is 2. The molecule has 0 saturated carbocycles. The number of rotatable bonds is 20. The lowest BCUT2D eigenvalue weighted by molar-refractivity contribution is -0.198. The van der Waals surface area contributed by atoms with Crippen LogP contribution in [0.5, 0.6) is 5.88 Å². The van der Waals surface area contributed by atoms with Gasteiger partial charge in [0.05, 0.1) is 25.1 Å². The first-order valence-corrected chi connectivity index (χ1v) is 17.5. The molecule has 6 atom stereocenters. The van der Waals surface area contributed by atoms with E-state index in [1.165, 1.54) is 0 Å². The van der Waals surface area contributed by atoms with E-state index >= 15 is 8.78 Å². The average molecular weight is 777 g/mol. The predicted octanol–water partition coefficient (Wildman–Crippen LogP) is 4.44. The van der Waals surface area contributed by atoms with Crippen LogP contribution in [0.3, 0.4) is 0 Å². The van der Waals surface area contributed by atoms with Crippen LogP contribution in [0.2, 0.25) is 0 Å². The van der Waals surface area contributed by atoms with E-state index in [0.29, 0.717) is 0 Å². The number of carbonyl (C=O) groups excluding carboxylic acids is 2. The third kappa shape index (κ3) is 10.8. The Bertz CT molecular complexity index is 1530. The molecule has 1 saturated heterocycles. The lowest BCUT2D eigenvalue weighted by atomic mass is 9.95. The van der Waals surface area contributed by atoms with Crippen LogP contribution < -0.4 is 15.3 Å². The summed E-state index contributed by atoms with van der Waals surface area (Å²) in [6.07, 6.45) is -5.63. The number of nitrogens with zero attached hydrogens (tertiary/aromatic N) is 4. The van der Waals surface area contributed by atoms with Crippen LogP contribution >= 0.6 is 19.6 Å². The van der Waals surface area contributed by atoms with Gasteiger partial charge in [0.25, 0.3) is 5.85 Å². The van der Waals surface area contributed by atoms with Gasteiger partial charge in [0.15, 0.2) is 29.8 Å². The number of halogens is 3. The summed E-state index contributed by atoms with van der Waals surface area (Å²) in [5.41, 5.74) is 3.30. The molecular weight excluding hydrogens is 733 g/mol. The van der Waals surface area contributed by atoms with Gasteiger partial charge in [0.2, 0.25) is 24.8 Å². The van der Waals surface area contributed by atoms with Gasteiger partial charge in [-0.1, -0.05) is 13.8 Å². The number of phosphoric ester groups is 1. The first kappa shape index (κ1) is 42.4. The number of nitrogens with two attached hydrogens (primary N) is 1. The number of nitrogens with one attached hydrogen (secondary N) is 1. The van der Waals surface area contributed by atoms with Crippen LogP contribution in [0.1, 0.15) is 61.6 Å². The molecule has 0 aromatic carbocycles. The Morgan fingerprint density at radius 1 is 1.12 bits per heavy atom. The van der Waals surface area contributed by atoms with E-state index in [0.717, 1.165) is 17.8 Å². The first-order chi connectivity index (χ1) is 23.9. The molecule has 1 aliphatic rings. The van der Waals surface area contributed by atoms with Crippen LogP contribution in [0.25, 0.3) is 11.2 Å². The number of aromatic nitrogens is 4. The summed E-state index contributed by atoms with van der Waals surface area (Å²) in [7, 11) is -4.95. The molecule has 0 amide bonds. The van der Waals surface area contributed by atoms with Gasteiger partial charge in [-0.05, 0) is 59.2 Å². The summed E-state index contributed by atoms with van der Waals surface area (Å²) in [6.45, 7) is 9.05. The van der Waals surface area contributed by atoms with E-state index in [9.17, 15) is 14.2 Å². The number of ether oxygens (including phenoxy) is 7. The van der Waals surface area contributed by atoms with E-state index in [2.05, 4.69) is 19.8 Å². The highest BCUT2D eigenvalue weighted by Gasteiger charge is 2.68. The van der Waals surface area contributed by atoms with Crippen molar-refractivity contribution in [2.24, 2.45) is 5.92 Å². The molecule has 1 fully saturated rings. The first-order valence-electron chi connectivity index (χ1n) is 15.7. The molecule has 290 valence electrons. The molecule has 3 rings (SSSR count). The Labute approximate surface area is 297 Å². The van der Waals surface area contributed by atoms with Crippen LogP contribution in [0.4, 0.5) is 19.5 Å². The third-order valence-corrected chi connectivity index (χ3v) is 8.42. The fourth-order valence-corrected chi connectivity index (χ4v) is 5.74. The van der Waals surface area contributed by atoms with Crippen LogP contribution in [0.15, 0.2) is 6.33 Å². The lowest BCUT2D eigenvalue weighted by Gasteiger charge is -2.33. The maximum Gasteiger partial charge on any atom is 0.510 e. The largest absolute Gasteiger partial charge is 0.510 e. The molecule has 3 N–H and O–H groups in total. The maximum absolute atomic E-state index is 16.8. The van der Waals surface area contributed by atoms with Crippen molar-refractivity contribution in [3.8, 4) is 5.88 Å². The van der Waals surface area contributed by atoms with Gasteiger partial charge >= 0.3 is 19.9 Å². The number of hydrogen-bond donors (Lipinski definition) is 2. The van der Waals surface area contributed by atoms with E-state index < -0.39 is 82.1 Å². The zero-order valence-electron chi connectivity index (χ0n) is 29.3. The summed E-state index contributed by atoms with van der Waals surface area (Å²) in [6, 6.07) is -1.17. The molecule has 2 aromatic heterocycles. The SMILES string of the molecule is CCOc1nc(N)nc2c1ncn2[C@@H]1O[C@](F)(COP(=O)(OCOCOC(C)C)OCOC(=O)OC(C)C)[C@@H](F)[C@@]1(C)OC(=O)C(NCl)C(C)C. The molecule has 0 aliphatic carbocycles. The van der Waals surface area contributed by atoms with E-state index in [1.807, 2.05) is 0 Å². The highest BCUT2D eigenvalue weighted by Crippen LogP contribution is 2.55. The van der Waals surface area contributed by atoms with Gasteiger partial charge in [0.1, 0.15) is 19.4 Å². The van der Waals surface area contributed by atoms with Crippen molar-refractivity contribution in [2.45, 2.75) is 97.5 Å². The Morgan fingerprint density at radius 2 is 1.80 bits per heavy atom. The zero-order chi connectivity index (χ0) is 38.1. The van der Waals surface area contributed by atoms with Crippen LogP contribution in [-0.4, -0.2) is 101 Å². The molecule has 19 nitrogen and oxygen atoms in total. The standard InChI is InChI=1S/C28H44ClF2N6O13P/c1-9-42-21-19-20(34-25(32)35-21)37(11-33-19)24-27(8,49-22(38)18(36-29)15(2)3)23(30)28(31,50-24)10-45-51(40,46-13-41-12-43-16(4)5)47-14-44-26(39)48-17(6)7/h11,15-18,23-24,36H,9-10,12-14H2,1-8H3,(H2,32,34,35)/t18?,23-,24+,27+,28+,51?/m0/s1. The summed E-state index contributed by atoms with van der Waals surface area (Å²) >= 11 is 5.78. The number of alkyl halides is 2. The van der Waals surface area contributed by atoms with E-state index in [4.69, 9.17) is 64.2 Å². The maximum atomic E-state index is 16.8. The Kier molecular flexibility index (Phi) is 15.1. The number of fused-ring (bicyclic) bond motifs is 1. The topological polar surface area (TPSA) is 225 Å². The molecule has 23 heteroatoms. The fraction of sp³-hybridized carbons (Fsp3) is 0.750. The third-order valence-electron chi connectivity index (χ3n) is 6.90. The van der Waals surface area contributed by atoms with Crippen molar-refractivity contribution < 1.29 is 69.7 Å². The smallest absolute Gasteiger partial charge is 0.476 e. The Hall–Kier alpha value is -3.01. The highest BCUT2D eigenvalue weighted by molar-refractivity contribution is 7.48. The summed E-state index contributed by atoms with van der Waals surface area (Å²) in [4.78, 5) is 39.7. The van der Waals surface area contributed by atoms with Gasteiger partial charge in [0, 0.05) is 0 Å².